The minimum atomic E-state index is 0.292. The molecule has 0 aliphatic heterocycles. The molecule has 0 atom stereocenters. The quantitative estimate of drug-likeness (QED) is 0.741. The predicted octanol–water partition coefficient (Wildman–Crippen LogP) is 3.53. The molecular formula is C15H13ClN2O. The number of para-hydroxylation sites is 3. The molecule has 19 heavy (non-hydrogen) atoms. The van der Waals surface area contributed by atoms with E-state index >= 15 is 0 Å². The molecule has 1 aromatic heterocycles. The third-order valence-electron chi connectivity index (χ3n) is 3.17. The Morgan fingerprint density at radius 3 is 2.58 bits per heavy atom. The molecule has 3 rings (SSSR count). The SMILES string of the molecule is Oc1ccccc1Cn1c(CCl)nc2ccccc21. The Morgan fingerprint density at radius 1 is 1.05 bits per heavy atom. The minimum Gasteiger partial charge on any atom is -0.508 e. The maximum absolute atomic E-state index is 9.88. The van der Waals surface area contributed by atoms with Crippen LogP contribution in [0.2, 0.25) is 0 Å². The molecule has 3 nitrogen and oxygen atoms in total. The molecule has 4 heteroatoms. The van der Waals surface area contributed by atoms with Gasteiger partial charge in [-0.05, 0) is 18.2 Å². The number of aromatic nitrogens is 2. The fourth-order valence-corrected chi connectivity index (χ4v) is 2.42. The first kappa shape index (κ1) is 12.1. The van der Waals surface area contributed by atoms with E-state index in [0.717, 1.165) is 22.4 Å². The molecule has 0 spiro atoms. The molecular weight excluding hydrogens is 260 g/mol. The van der Waals surface area contributed by atoms with Gasteiger partial charge >= 0.3 is 0 Å². The first-order chi connectivity index (χ1) is 9.29. The van der Waals surface area contributed by atoms with Gasteiger partial charge in [0.25, 0.3) is 0 Å². The van der Waals surface area contributed by atoms with Crippen LogP contribution in [0.5, 0.6) is 5.75 Å². The summed E-state index contributed by atoms with van der Waals surface area (Å²) in [5.74, 6) is 1.45. The van der Waals surface area contributed by atoms with Gasteiger partial charge in [-0.15, -0.1) is 11.6 Å². The predicted molar refractivity (Wildman–Crippen MR) is 76.5 cm³/mol. The molecule has 0 aliphatic carbocycles. The van der Waals surface area contributed by atoms with Crippen LogP contribution in [0.1, 0.15) is 11.4 Å². The van der Waals surface area contributed by atoms with Gasteiger partial charge in [0.1, 0.15) is 11.6 Å². The highest BCUT2D eigenvalue weighted by Crippen LogP contribution is 2.22. The third kappa shape index (κ3) is 2.17. The van der Waals surface area contributed by atoms with E-state index in [-0.39, 0.29) is 0 Å². The molecule has 0 fully saturated rings. The van der Waals surface area contributed by atoms with E-state index in [4.69, 9.17) is 11.6 Å². The lowest BCUT2D eigenvalue weighted by Crippen LogP contribution is -2.03. The standard InChI is InChI=1S/C15H13ClN2O/c16-9-15-17-12-6-2-3-7-13(12)18(15)10-11-5-1-4-8-14(11)19/h1-8,19H,9-10H2. The van der Waals surface area contributed by atoms with Crippen LogP contribution in [0.4, 0.5) is 0 Å². The number of hydrogen-bond donors (Lipinski definition) is 1. The number of rotatable bonds is 3. The van der Waals surface area contributed by atoms with Crippen molar-refractivity contribution in [1.29, 1.82) is 0 Å². The molecule has 2 aromatic carbocycles. The summed E-state index contributed by atoms with van der Waals surface area (Å²) in [6.07, 6.45) is 0. The van der Waals surface area contributed by atoms with Gasteiger partial charge in [-0.2, -0.15) is 0 Å². The molecule has 0 radical (unpaired) electrons. The number of fused-ring (bicyclic) bond motifs is 1. The van der Waals surface area contributed by atoms with Gasteiger partial charge in [-0.25, -0.2) is 4.98 Å². The number of aromatic hydroxyl groups is 1. The molecule has 0 saturated carbocycles. The van der Waals surface area contributed by atoms with Gasteiger partial charge in [0.05, 0.1) is 23.5 Å². The van der Waals surface area contributed by atoms with E-state index < -0.39 is 0 Å². The Hall–Kier alpha value is -2.00. The number of phenolic OH excluding ortho intramolecular Hbond substituents is 1. The lowest BCUT2D eigenvalue weighted by atomic mass is 10.2. The lowest BCUT2D eigenvalue weighted by molar-refractivity contribution is 0.466. The highest BCUT2D eigenvalue weighted by Gasteiger charge is 2.11. The van der Waals surface area contributed by atoms with Crippen LogP contribution in [0.15, 0.2) is 48.5 Å². The third-order valence-corrected chi connectivity index (χ3v) is 3.41. The summed E-state index contributed by atoms with van der Waals surface area (Å²) in [5, 5.41) is 9.88. The molecule has 1 heterocycles. The topological polar surface area (TPSA) is 38.0 Å². The fourth-order valence-electron chi connectivity index (χ4n) is 2.22. The minimum absolute atomic E-state index is 0.292. The van der Waals surface area contributed by atoms with Crippen molar-refractivity contribution in [3.63, 3.8) is 0 Å². The number of phenols is 1. The number of imidazole rings is 1. The monoisotopic (exact) mass is 272 g/mol. The molecule has 96 valence electrons. The number of halogens is 1. The first-order valence-electron chi connectivity index (χ1n) is 6.06. The molecule has 1 N–H and O–H groups in total. The van der Waals surface area contributed by atoms with Crippen LogP contribution < -0.4 is 0 Å². The van der Waals surface area contributed by atoms with Crippen molar-refractivity contribution in [2.24, 2.45) is 0 Å². The summed E-state index contributed by atoms with van der Waals surface area (Å²) >= 11 is 5.96. The maximum Gasteiger partial charge on any atom is 0.125 e. The zero-order valence-corrected chi connectivity index (χ0v) is 11.0. The number of benzene rings is 2. The van der Waals surface area contributed by atoms with E-state index in [1.807, 2.05) is 47.0 Å². The average molecular weight is 273 g/mol. The summed E-state index contributed by atoms with van der Waals surface area (Å²) in [7, 11) is 0. The van der Waals surface area contributed by atoms with Crippen LogP contribution >= 0.6 is 11.6 Å². The molecule has 0 bridgehead atoms. The first-order valence-corrected chi connectivity index (χ1v) is 6.60. The van der Waals surface area contributed by atoms with Crippen LogP contribution in [0.3, 0.4) is 0 Å². The van der Waals surface area contributed by atoms with E-state index in [9.17, 15) is 5.11 Å². The molecule has 0 unspecified atom stereocenters. The van der Waals surface area contributed by atoms with Gasteiger partial charge in [-0.3, -0.25) is 0 Å². The summed E-state index contributed by atoms with van der Waals surface area (Å²) in [4.78, 5) is 4.51. The normalized spacial score (nSPS) is 11.0. The summed E-state index contributed by atoms with van der Waals surface area (Å²) in [6, 6.07) is 15.2. The summed E-state index contributed by atoms with van der Waals surface area (Å²) in [6.45, 7) is 0.565. The van der Waals surface area contributed by atoms with Crippen LogP contribution in [-0.4, -0.2) is 14.7 Å². The van der Waals surface area contributed by atoms with Gasteiger partial charge < -0.3 is 9.67 Å². The second-order valence-electron chi connectivity index (χ2n) is 4.37. The van der Waals surface area contributed by atoms with Crippen molar-refractivity contribution in [1.82, 2.24) is 9.55 Å². The Labute approximate surface area is 116 Å². The largest absolute Gasteiger partial charge is 0.508 e. The van der Waals surface area contributed by atoms with E-state index in [1.54, 1.807) is 6.07 Å². The van der Waals surface area contributed by atoms with Gasteiger partial charge in [0.2, 0.25) is 0 Å². The second-order valence-corrected chi connectivity index (χ2v) is 4.63. The Morgan fingerprint density at radius 2 is 1.79 bits per heavy atom. The van der Waals surface area contributed by atoms with Crippen molar-refractivity contribution in [2.75, 3.05) is 0 Å². The van der Waals surface area contributed by atoms with Gasteiger partial charge in [0.15, 0.2) is 0 Å². The van der Waals surface area contributed by atoms with Crippen molar-refractivity contribution in [3.8, 4) is 5.75 Å². The van der Waals surface area contributed by atoms with E-state index in [2.05, 4.69) is 4.98 Å². The van der Waals surface area contributed by atoms with Crippen LogP contribution in [0.25, 0.3) is 11.0 Å². The molecule has 3 aromatic rings. The van der Waals surface area contributed by atoms with Crippen molar-refractivity contribution < 1.29 is 5.11 Å². The van der Waals surface area contributed by atoms with Gasteiger partial charge in [-0.1, -0.05) is 30.3 Å². The molecule has 0 aliphatic rings. The number of nitrogens with zero attached hydrogens (tertiary/aromatic N) is 2. The highest BCUT2D eigenvalue weighted by molar-refractivity contribution is 6.16. The molecule has 0 amide bonds. The Balaban J connectivity index is 2.12. The Kier molecular flexibility index (Phi) is 3.13. The average Bonchev–Trinajstić information content (AvgIpc) is 2.79. The zero-order chi connectivity index (χ0) is 13.2. The number of alkyl halides is 1. The van der Waals surface area contributed by atoms with E-state index in [0.29, 0.717) is 18.2 Å². The smallest absolute Gasteiger partial charge is 0.125 e. The Bertz CT molecular complexity index is 721. The molecule has 0 saturated heterocycles. The van der Waals surface area contributed by atoms with Crippen LogP contribution in [-0.2, 0) is 12.4 Å². The zero-order valence-electron chi connectivity index (χ0n) is 10.3. The summed E-state index contributed by atoms with van der Waals surface area (Å²) in [5.41, 5.74) is 2.81. The second kappa shape index (κ2) is 4.94. The van der Waals surface area contributed by atoms with Crippen LogP contribution in [0, 0.1) is 0 Å². The highest BCUT2D eigenvalue weighted by atomic mass is 35.5. The van der Waals surface area contributed by atoms with Crippen molar-refractivity contribution >= 4 is 22.6 Å². The van der Waals surface area contributed by atoms with Gasteiger partial charge in [0, 0.05) is 5.56 Å². The fraction of sp³-hybridized carbons (Fsp3) is 0.133. The van der Waals surface area contributed by atoms with Crippen molar-refractivity contribution in [2.45, 2.75) is 12.4 Å². The number of hydrogen-bond acceptors (Lipinski definition) is 2. The van der Waals surface area contributed by atoms with Crippen molar-refractivity contribution in [3.05, 3.63) is 59.9 Å². The lowest BCUT2D eigenvalue weighted by Gasteiger charge is -2.09. The summed E-state index contributed by atoms with van der Waals surface area (Å²) < 4.78 is 2.04. The maximum atomic E-state index is 9.88. The van der Waals surface area contributed by atoms with E-state index in [1.165, 1.54) is 0 Å².